The van der Waals surface area contributed by atoms with E-state index in [4.69, 9.17) is 0 Å². The molecule has 2 amide bonds. The summed E-state index contributed by atoms with van der Waals surface area (Å²) in [6, 6.07) is -0.558. The summed E-state index contributed by atoms with van der Waals surface area (Å²) in [6.07, 6.45) is 7.12. The molecule has 2 unspecified atom stereocenters. The molecule has 4 heteroatoms. The van der Waals surface area contributed by atoms with Crippen LogP contribution < -0.4 is 5.32 Å². The van der Waals surface area contributed by atoms with Crippen LogP contribution in [0.3, 0.4) is 0 Å². The summed E-state index contributed by atoms with van der Waals surface area (Å²) >= 11 is 0. The molecule has 2 rings (SSSR count). The zero-order valence-electron chi connectivity index (χ0n) is 13.1. The molecule has 1 saturated heterocycles. The van der Waals surface area contributed by atoms with E-state index in [1.54, 1.807) is 0 Å². The van der Waals surface area contributed by atoms with E-state index in [1.807, 2.05) is 11.8 Å². The molecule has 0 aromatic rings. The van der Waals surface area contributed by atoms with Gasteiger partial charge >= 0.3 is 0 Å². The molecule has 0 aromatic heterocycles. The van der Waals surface area contributed by atoms with E-state index in [1.165, 1.54) is 19.3 Å². The molecule has 1 heterocycles. The number of carbonyl (C=O) groups excluding carboxylic acids is 2. The van der Waals surface area contributed by atoms with Gasteiger partial charge in [-0.25, -0.2) is 0 Å². The van der Waals surface area contributed by atoms with Crippen molar-refractivity contribution in [2.45, 2.75) is 77.8 Å². The van der Waals surface area contributed by atoms with Crippen molar-refractivity contribution < 1.29 is 9.59 Å². The molecular weight excluding hydrogens is 252 g/mol. The fourth-order valence-corrected chi connectivity index (χ4v) is 3.46. The highest BCUT2D eigenvalue weighted by atomic mass is 16.2. The average Bonchev–Trinajstić information content (AvgIpc) is 3.16. The molecule has 1 aliphatic carbocycles. The van der Waals surface area contributed by atoms with Crippen molar-refractivity contribution in [3.8, 4) is 0 Å². The average molecular weight is 280 g/mol. The zero-order valence-corrected chi connectivity index (χ0v) is 13.1. The normalized spacial score (nSPS) is 28.4. The number of piperazine rings is 1. The summed E-state index contributed by atoms with van der Waals surface area (Å²) in [7, 11) is 0. The maximum absolute atomic E-state index is 12.7. The van der Waals surface area contributed by atoms with Gasteiger partial charge in [-0.2, -0.15) is 0 Å². The monoisotopic (exact) mass is 280 g/mol. The third-order valence-corrected chi connectivity index (χ3v) is 4.78. The first-order chi connectivity index (χ1) is 9.56. The first-order valence-corrected chi connectivity index (χ1v) is 8.17. The highest BCUT2D eigenvalue weighted by Gasteiger charge is 2.48. The Kier molecular flexibility index (Phi) is 4.71. The van der Waals surface area contributed by atoms with Crippen molar-refractivity contribution in [2.75, 3.05) is 6.54 Å². The van der Waals surface area contributed by atoms with E-state index >= 15 is 0 Å². The van der Waals surface area contributed by atoms with Crippen LogP contribution >= 0.6 is 0 Å². The van der Waals surface area contributed by atoms with Gasteiger partial charge in [0.2, 0.25) is 11.8 Å². The maximum atomic E-state index is 12.7. The third kappa shape index (κ3) is 2.99. The Morgan fingerprint density at radius 2 is 1.90 bits per heavy atom. The SMILES string of the molecule is CCCC1NC(=O)C(CC)N(CC2(CCC)CC2)C1=O. The van der Waals surface area contributed by atoms with Crippen LogP contribution in [0.1, 0.15) is 65.7 Å². The number of rotatable bonds is 7. The molecule has 0 radical (unpaired) electrons. The van der Waals surface area contributed by atoms with Crippen molar-refractivity contribution in [2.24, 2.45) is 5.41 Å². The molecule has 2 atom stereocenters. The van der Waals surface area contributed by atoms with Crippen molar-refractivity contribution >= 4 is 11.8 Å². The lowest BCUT2D eigenvalue weighted by Crippen LogP contribution is -2.63. The van der Waals surface area contributed by atoms with Gasteiger partial charge in [-0.3, -0.25) is 9.59 Å². The molecule has 0 aromatic carbocycles. The highest BCUT2D eigenvalue weighted by Crippen LogP contribution is 2.50. The number of nitrogens with one attached hydrogen (secondary N) is 1. The zero-order chi connectivity index (χ0) is 14.8. The van der Waals surface area contributed by atoms with Crippen LogP contribution in [0.4, 0.5) is 0 Å². The van der Waals surface area contributed by atoms with Gasteiger partial charge in [0.25, 0.3) is 0 Å². The summed E-state index contributed by atoms with van der Waals surface area (Å²) in [5, 5.41) is 2.91. The molecular formula is C16H28N2O2. The van der Waals surface area contributed by atoms with E-state index in [0.717, 1.165) is 25.8 Å². The second kappa shape index (κ2) is 6.15. The third-order valence-electron chi connectivity index (χ3n) is 4.78. The predicted molar refractivity (Wildman–Crippen MR) is 79.2 cm³/mol. The lowest BCUT2D eigenvalue weighted by Gasteiger charge is -2.40. The Bertz CT molecular complexity index is 377. The molecule has 1 saturated carbocycles. The van der Waals surface area contributed by atoms with Crippen molar-refractivity contribution in [3.63, 3.8) is 0 Å². The van der Waals surface area contributed by atoms with Crippen LogP contribution in [0.25, 0.3) is 0 Å². The molecule has 4 nitrogen and oxygen atoms in total. The first-order valence-electron chi connectivity index (χ1n) is 8.17. The molecule has 1 N–H and O–H groups in total. The maximum Gasteiger partial charge on any atom is 0.245 e. The number of amides is 2. The fraction of sp³-hybridized carbons (Fsp3) is 0.875. The Labute approximate surface area is 122 Å². The fourth-order valence-electron chi connectivity index (χ4n) is 3.46. The molecule has 0 bridgehead atoms. The second-order valence-electron chi connectivity index (χ2n) is 6.49. The quantitative estimate of drug-likeness (QED) is 0.779. The van der Waals surface area contributed by atoms with Gasteiger partial charge in [0.15, 0.2) is 0 Å². The molecule has 0 spiro atoms. The topological polar surface area (TPSA) is 49.4 Å². The number of hydrogen-bond donors (Lipinski definition) is 1. The highest BCUT2D eigenvalue weighted by molar-refractivity contribution is 5.97. The van der Waals surface area contributed by atoms with E-state index in [0.29, 0.717) is 11.8 Å². The smallest absolute Gasteiger partial charge is 0.245 e. The van der Waals surface area contributed by atoms with Crippen molar-refractivity contribution in [1.82, 2.24) is 10.2 Å². The Morgan fingerprint density at radius 1 is 1.20 bits per heavy atom. The van der Waals surface area contributed by atoms with Crippen LogP contribution in [0.2, 0.25) is 0 Å². The largest absolute Gasteiger partial charge is 0.343 e. The number of hydrogen-bond acceptors (Lipinski definition) is 2. The second-order valence-corrected chi connectivity index (χ2v) is 6.49. The van der Waals surface area contributed by atoms with Crippen LogP contribution in [-0.4, -0.2) is 35.3 Å². The van der Waals surface area contributed by atoms with Crippen LogP contribution in [0, 0.1) is 5.41 Å². The lowest BCUT2D eigenvalue weighted by atomic mass is 9.95. The van der Waals surface area contributed by atoms with Crippen LogP contribution in [0.5, 0.6) is 0 Å². The summed E-state index contributed by atoms with van der Waals surface area (Å²) < 4.78 is 0. The summed E-state index contributed by atoms with van der Waals surface area (Å²) in [5.74, 6) is 0.179. The molecule has 114 valence electrons. The lowest BCUT2D eigenvalue weighted by molar-refractivity contribution is -0.150. The summed E-state index contributed by atoms with van der Waals surface area (Å²) in [5.41, 5.74) is 0.312. The predicted octanol–water partition coefficient (Wildman–Crippen LogP) is 2.47. The van der Waals surface area contributed by atoms with Crippen LogP contribution in [-0.2, 0) is 9.59 Å². The minimum Gasteiger partial charge on any atom is -0.343 e. The van der Waals surface area contributed by atoms with Gasteiger partial charge in [-0.05, 0) is 37.5 Å². The van der Waals surface area contributed by atoms with Gasteiger partial charge in [0.05, 0.1) is 0 Å². The standard InChI is InChI=1S/C16H28N2O2/c1-4-7-12-15(20)18(13(6-3)14(19)17-12)11-16(8-5-2)9-10-16/h12-13H,4-11H2,1-3H3,(H,17,19). The minimum atomic E-state index is -0.298. The Balaban J connectivity index is 2.12. The summed E-state index contributed by atoms with van der Waals surface area (Å²) in [6.45, 7) is 7.02. The summed E-state index contributed by atoms with van der Waals surface area (Å²) in [4.78, 5) is 26.8. The van der Waals surface area contributed by atoms with Crippen molar-refractivity contribution in [1.29, 1.82) is 0 Å². The Hall–Kier alpha value is -1.06. The minimum absolute atomic E-state index is 0.0397. The van der Waals surface area contributed by atoms with Gasteiger partial charge in [0.1, 0.15) is 12.1 Å². The van der Waals surface area contributed by atoms with E-state index in [-0.39, 0.29) is 23.9 Å². The van der Waals surface area contributed by atoms with Gasteiger partial charge in [-0.1, -0.05) is 33.6 Å². The number of carbonyl (C=O) groups is 2. The van der Waals surface area contributed by atoms with Crippen LogP contribution in [0.15, 0.2) is 0 Å². The van der Waals surface area contributed by atoms with Crippen molar-refractivity contribution in [3.05, 3.63) is 0 Å². The van der Waals surface area contributed by atoms with Gasteiger partial charge in [-0.15, -0.1) is 0 Å². The van der Waals surface area contributed by atoms with Gasteiger partial charge < -0.3 is 10.2 Å². The van der Waals surface area contributed by atoms with E-state index < -0.39 is 0 Å². The Morgan fingerprint density at radius 3 is 2.40 bits per heavy atom. The molecule has 2 fully saturated rings. The first kappa shape index (κ1) is 15.3. The number of nitrogens with zero attached hydrogens (tertiary/aromatic N) is 1. The van der Waals surface area contributed by atoms with E-state index in [2.05, 4.69) is 19.2 Å². The van der Waals surface area contributed by atoms with E-state index in [9.17, 15) is 9.59 Å². The van der Waals surface area contributed by atoms with Gasteiger partial charge in [0, 0.05) is 6.54 Å². The molecule has 1 aliphatic heterocycles. The molecule has 20 heavy (non-hydrogen) atoms. The molecule has 2 aliphatic rings.